The highest BCUT2D eigenvalue weighted by molar-refractivity contribution is 5.72. The average molecular weight is 349 g/mol. The second-order valence-corrected chi connectivity index (χ2v) is 5.77. The van der Waals surface area contributed by atoms with Gasteiger partial charge in [0.05, 0.1) is 11.4 Å². The van der Waals surface area contributed by atoms with Crippen LogP contribution in [0.4, 0.5) is 11.8 Å². The molecule has 0 radical (unpaired) electrons. The molecule has 26 heavy (non-hydrogen) atoms. The third-order valence-corrected chi connectivity index (χ3v) is 3.61. The Morgan fingerprint density at radius 2 is 1.92 bits per heavy atom. The highest BCUT2D eigenvalue weighted by Crippen LogP contribution is 2.20. The Bertz CT molecular complexity index is 899. The summed E-state index contributed by atoms with van der Waals surface area (Å²) in [4.78, 5) is 23.8. The van der Waals surface area contributed by atoms with Crippen molar-refractivity contribution in [3.63, 3.8) is 0 Å². The smallest absolute Gasteiger partial charge is 0.322 e. The Morgan fingerprint density at radius 3 is 2.65 bits per heavy atom. The second kappa shape index (κ2) is 8.06. The van der Waals surface area contributed by atoms with Gasteiger partial charge in [0.1, 0.15) is 12.4 Å². The van der Waals surface area contributed by atoms with Crippen LogP contribution in [-0.2, 0) is 11.3 Å². The number of nitrogens with zero attached hydrogens (tertiary/aromatic N) is 3. The van der Waals surface area contributed by atoms with Crippen molar-refractivity contribution in [2.24, 2.45) is 0 Å². The van der Waals surface area contributed by atoms with Crippen LogP contribution in [0.25, 0.3) is 11.4 Å². The van der Waals surface area contributed by atoms with Gasteiger partial charge in [-0.2, -0.15) is 4.98 Å². The van der Waals surface area contributed by atoms with Crippen molar-refractivity contribution in [2.45, 2.75) is 13.5 Å². The van der Waals surface area contributed by atoms with E-state index in [1.165, 1.54) is 5.56 Å². The summed E-state index contributed by atoms with van der Waals surface area (Å²) in [6.45, 7) is 2.38. The zero-order valence-electron chi connectivity index (χ0n) is 14.3. The molecule has 0 saturated heterocycles. The lowest BCUT2D eigenvalue weighted by molar-refractivity contribution is -0.134. The van der Waals surface area contributed by atoms with Crippen LogP contribution in [0.2, 0.25) is 0 Å². The fraction of sp³-hybridized carbons (Fsp3) is 0.158. The molecule has 0 atom stereocenters. The molecule has 7 heteroatoms. The number of pyridine rings is 1. The molecule has 0 aliphatic rings. The molecule has 0 bridgehead atoms. The number of carboxylic acid groups (broad SMARTS) is 1. The van der Waals surface area contributed by atoms with Crippen molar-refractivity contribution in [1.29, 1.82) is 0 Å². The number of hydrogen-bond donors (Lipinski definition) is 3. The van der Waals surface area contributed by atoms with Gasteiger partial charge in [-0.15, -0.1) is 0 Å². The summed E-state index contributed by atoms with van der Waals surface area (Å²) in [6, 6.07) is 15.5. The first kappa shape index (κ1) is 17.3. The number of benzene rings is 1. The predicted octanol–water partition coefficient (Wildman–Crippen LogP) is 2.96. The number of nitrogens with one attached hydrogen (secondary N) is 2. The molecule has 2 heterocycles. The van der Waals surface area contributed by atoms with Crippen LogP contribution in [0.5, 0.6) is 0 Å². The van der Waals surface area contributed by atoms with Crippen molar-refractivity contribution in [2.75, 3.05) is 17.2 Å². The summed E-state index contributed by atoms with van der Waals surface area (Å²) >= 11 is 0. The molecule has 0 fully saturated rings. The van der Waals surface area contributed by atoms with Crippen LogP contribution in [-0.4, -0.2) is 32.6 Å². The maximum Gasteiger partial charge on any atom is 0.322 e. The number of rotatable bonds is 7. The minimum atomic E-state index is -0.980. The Kier molecular flexibility index (Phi) is 5.38. The topological polar surface area (TPSA) is 100 Å². The first-order valence-electron chi connectivity index (χ1n) is 8.16. The van der Waals surface area contributed by atoms with Crippen LogP contribution in [0.3, 0.4) is 0 Å². The Balaban J connectivity index is 1.85. The first-order valence-corrected chi connectivity index (χ1v) is 8.16. The van der Waals surface area contributed by atoms with Crippen molar-refractivity contribution < 1.29 is 9.90 Å². The molecule has 3 aromatic rings. The maximum atomic E-state index is 10.8. The number of aromatic nitrogens is 3. The number of hydrogen-bond acceptors (Lipinski definition) is 6. The molecule has 7 nitrogen and oxygen atoms in total. The van der Waals surface area contributed by atoms with Crippen LogP contribution < -0.4 is 10.6 Å². The molecular weight excluding hydrogens is 330 g/mol. The Labute approximate surface area is 151 Å². The molecular formula is C19H19N5O2. The fourth-order valence-electron chi connectivity index (χ4n) is 2.43. The SMILES string of the molecule is Cc1cccc(CNc2cc(-c3ccccn3)nc(NCC(=O)O)n2)c1. The van der Waals surface area contributed by atoms with Gasteiger partial charge in [-0.3, -0.25) is 9.78 Å². The minimum Gasteiger partial charge on any atom is -0.480 e. The molecule has 0 unspecified atom stereocenters. The summed E-state index contributed by atoms with van der Waals surface area (Å²) in [5.41, 5.74) is 3.61. The molecule has 1 aromatic carbocycles. The number of carboxylic acids is 1. The molecule has 0 aliphatic heterocycles. The summed E-state index contributed by atoms with van der Waals surface area (Å²) in [6.07, 6.45) is 1.68. The molecule has 0 aliphatic carbocycles. The van der Waals surface area contributed by atoms with E-state index in [4.69, 9.17) is 5.11 Å². The molecule has 132 valence electrons. The van der Waals surface area contributed by atoms with E-state index in [1.54, 1.807) is 12.3 Å². The Morgan fingerprint density at radius 1 is 1.04 bits per heavy atom. The third kappa shape index (κ3) is 4.76. The first-order chi connectivity index (χ1) is 12.6. The van der Waals surface area contributed by atoms with E-state index >= 15 is 0 Å². The zero-order valence-corrected chi connectivity index (χ0v) is 14.3. The van der Waals surface area contributed by atoms with E-state index in [2.05, 4.69) is 31.7 Å². The normalized spacial score (nSPS) is 10.3. The van der Waals surface area contributed by atoms with Crippen molar-refractivity contribution in [1.82, 2.24) is 15.0 Å². The number of carbonyl (C=O) groups is 1. The van der Waals surface area contributed by atoms with Gasteiger partial charge in [-0.25, -0.2) is 4.98 Å². The van der Waals surface area contributed by atoms with E-state index in [-0.39, 0.29) is 12.5 Å². The monoisotopic (exact) mass is 349 g/mol. The van der Waals surface area contributed by atoms with Gasteiger partial charge < -0.3 is 15.7 Å². The molecule has 0 amide bonds. The van der Waals surface area contributed by atoms with Gasteiger partial charge in [-0.05, 0) is 24.6 Å². The van der Waals surface area contributed by atoms with Crippen molar-refractivity contribution in [3.05, 3.63) is 65.9 Å². The highest BCUT2D eigenvalue weighted by Gasteiger charge is 2.09. The summed E-state index contributed by atoms with van der Waals surface area (Å²) in [5.74, 6) is -0.150. The van der Waals surface area contributed by atoms with E-state index in [9.17, 15) is 4.79 Å². The molecule has 3 N–H and O–H groups in total. The highest BCUT2D eigenvalue weighted by atomic mass is 16.4. The summed E-state index contributed by atoms with van der Waals surface area (Å²) < 4.78 is 0. The van der Waals surface area contributed by atoms with E-state index in [0.717, 1.165) is 5.56 Å². The summed E-state index contributed by atoms with van der Waals surface area (Å²) in [7, 11) is 0. The lowest BCUT2D eigenvalue weighted by atomic mass is 10.1. The van der Waals surface area contributed by atoms with Crippen molar-refractivity contribution >= 4 is 17.7 Å². The maximum absolute atomic E-state index is 10.8. The van der Waals surface area contributed by atoms with E-state index in [0.29, 0.717) is 23.8 Å². The predicted molar refractivity (Wildman–Crippen MR) is 99.9 cm³/mol. The van der Waals surface area contributed by atoms with Crippen molar-refractivity contribution in [3.8, 4) is 11.4 Å². The molecule has 3 rings (SSSR count). The minimum absolute atomic E-state index is 0.238. The molecule has 0 spiro atoms. The molecule has 2 aromatic heterocycles. The van der Waals surface area contributed by atoms with Crippen LogP contribution in [0, 0.1) is 6.92 Å². The van der Waals surface area contributed by atoms with E-state index < -0.39 is 5.97 Å². The van der Waals surface area contributed by atoms with Crippen LogP contribution in [0.1, 0.15) is 11.1 Å². The van der Waals surface area contributed by atoms with E-state index in [1.807, 2.05) is 43.3 Å². The molecule has 0 saturated carbocycles. The third-order valence-electron chi connectivity index (χ3n) is 3.61. The van der Waals surface area contributed by atoms with Gasteiger partial charge in [0, 0.05) is 18.8 Å². The van der Waals surface area contributed by atoms with Gasteiger partial charge >= 0.3 is 5.97 Å². The number of aliphatic carboxylic acids is 1. The second-order valence-electron chi connectivity index (χ2n) is 5.77. The van der Waals surface area contributed by atoms with Gasteiger partial charge in [0.2, 0.25) is 5.95 Å². The lowest BCUT2D eigenvalue weighted by Crippen LogP contribution is -2.15. The lowest BCUT2D eigenvalue weighted by Gasteiger charge is -2.11. The quantitative estimate of drug-likeness (QED) is 0.603. The Hall–Kier alpha value is -3.48. The zero-order chi connectivity index (χ0) is 18.4. The van der Waals surface area contributed by atoms with Gasteiger partial charge in [-0.1, -0.05) is 35.9 Å². The summed E-state index contributed by atoms with van der Waals surface area (Å²) in [5, 5.41) is 14.8. The fourth-order valence-corrected chi connectivity index (χ4v) is 2.43. The average Bonchev–Trinajstić information content (AvgIpc) is 2.65. The van der Waals surface area contributed by atoms with Crippen LogP contribution in [0.15, 0.2) is 54.7 Å². The standard InChI is InChI=1S/C19H19N5O2/c1-13-5-4-6-14(9-13)11-21-17-10-16(15-7-2-3-8-20-15)23-19(24-17)22-12-18(25)26/h2-10H,11-12H2,1H3,(H,25,26)(H2,21,22,23,24). The largest absolute Gasteiger partial charge is 0.480 e. The van der Waals surface area contributed by atoms with Gasteiger partial charge in [0.25, 0.3) is 0 Å². The van der Waals surface area contributed by atoms with Gasteiger partial charge in [0.15, 0.2) is 0 Å². The number of aryl methyl sites for hydroxylation is 1. The van der Waals surface area contributed by atoms with Crippen LogP contribution >= 0.6 is 0 Å². The number of anilines is 2.